The molecule has 0 aliphatic heterocycles. The second-order valence-corrected chi connectivity index (χ2v) is 5.77. The number of hydrogen-bond acceptors (Lipinski definition) is 1. The largest absolute Gasteiger partial charge is 0.314 e. The number of rotatable bonds is 6. The van der Waals surface area contributed by atoms with Gasteiger partial charge in [0.1, 0.15) is 0 Å². The molecule has 0 amide bonds. The van der Waals surface area contributed by atoms with E-state index in [1.54, 1.807) is 0 Å². The van der Waals surface area contributed by atoms with Crippen LogP contribution in [0.25, 0.3) is 0 Å². The fourth-order valence-corrected chi connectivity index (χ4v) is 1.92. The maximum atomic E-state index is 3.60. The molecule has 86 valence electrons. The van der Waals surface area contributed by atoms with Crippen LogP contribution in [-0.2, 0) is 0 Å². The Morgan fingerprint density at radius 3 is 2.07 bits per heavy atom. The Morgan fingerprint density at radius 1 is 1.14 bits per heavy atom. The zero-order valence-electron chi connectivity index (χ0n) is 11.0. The number of nitrogens with one attached hydrogen (secondary N) is 1. The summed E-state index contributed by atoms with van der Waals surface area (Å²) in [6.45, 7) is 14.9. The molecule has 0 rings (SSSR count). The van der Waals surface area contributed by atoms with Crippen molar-refractivity contribution in [3.05, 3.63) is 0 Å². The van der Waals surface area contributed by atoms with Crippen molar-refractivity contribution in [3.63, 3.8) is 0 Å². The molecule has 1 nitrogen and oxygen atoms in total. The molecule has 0 fully saturated rings. The summed E-state index contributed by atoms with van der Waals surface area (Å²) >= 11 is 0. The van der Waals surface area contributed by atoms with Crippen LogP contribution in [-0.4, -0.2) is 12.6 Å². The standard InChI is InChI=1S/C13H29N/c1-7-11(3)9-12(14-8-2)10-13(4,5)6/h11-12,14H,7-10H2,1-6H3. The topological polar surface area (TPSA) is 12.0 Å². The van der Waals surface area contributed by atoms with Crippen LogP contribution in [0.15, 0.2) is 0 Å². The van der Waals surface area contributed by atoms with E-state index in [4.69, 9.17) is 0 Å². The Hall–Kier alpha value is -0.0400. The third-order valence-corrected chi connectivity index (χ3v) is 2.74. The molecule has 0 aromatic heterocycles. The van der Waals surface area contributed by atoms with Crippen LogP contribution >= 0.6 is 0 Å². The van der Waals surface area contributed by atoms with E-state index in [-0.39, 0.29) is 0 Å². The Bertz CT molecular complexity index is 135. The highest BCUT2D eigenvalue weighted by molar-refractivity contribution is 4.75. The Morgan fingerprint density at radius 2 is 1.71 bits per heavy atom. The van der Waals surface area contributed by atoms with E-state index < -0.39 is 0 Å². The van der Waals surface area contributed by atoms with E-state index in [1.165, 1.54) is 19.3 Å². The van der Waals surface area contributed by atoms with Gasteiger partial charge in [0.05, 0.1) is 0 Å². The molecule has 0 saturated heterocycles. The molecule has 2 unspecified atom stereocenters. The molecule has 0 aliphatic rings. The minimum absolute atomic E-state index is 0.445. The van der Waals surface area contributed by atoms with Gasteiger partial charge in [0, 0.05) is 6.04 Å². The van der Waals surface area contributed by atoms with Gasteiger partial charge in [-0.15, -0.1) is 0 Å². The minimum Gasteiger partial charge on any atom is -0.314 e. The summed E-state index contributed by atoms with van der Waals surface area (Å²) < 4.78 is 0. The van der Waals surface area contributed by atoms with Gasteiger partial charge in [-0.25, -0.2) is 0 Å². The van der Waals surface area contributed by atoms with Gasteiger partial charge in [-0.2, -0.15) is 0 Å². The fraction of sp³-hybridized carbons (Fsp3) is 1.00. The number of hydrogen-bond donors (Lipinski definition) is 1. The van der Waals surface area contributed by atoms with Crippen LogP contribution in [0.5, 0.6) is 0 Å². The Balaban J connectivity index is 4.01. The predicted molar refractivity (Wildman–Crippen MR) is 65.6 cm³/mol. The van der Waals surface area contributed by atoms with Gasteiger partial charge in [0.15, 0.2) is 0 Å². The lowest BCUT2D eigenvalue weighted by atomic mass is 9.84. The zero-order chi connectivity index (χ0) is 11.2. The van der Waals surface area contributed by atoms with E-state index in [1.807, 2.05) is 0 Å². The Labute approximate surface area is 90.7 Å². The monoisotopic (exact) mass is 199 g/mol. The van der Waals surface area contributed by atoms with E-state index in [0.29, 0.717) is 11.5 Å². The van der Waals surface area contributed by atoms with E-state index in [2.05, 4.69) is 46.9 Å². The van der Waals surface area contributed by atoms with Gasteiger partial charge in [-0.1, -0.05) is 48.0 Å². The van der Waals surface area contributed by atoms with Crippen LogP contribution in [0.4, 0.5) is 0 Å². The van der Waals surface area contributed by atoms with Gasteiger partial charge >= 0.3 is 0 Å². The summed E-state index contributed by atoms with van der Waals surface area (Å²) in [5.41, 5.74) is 0.445. The van der Waals surface area contributed by atoms with Gasteiger partial charge < -0.3 is 5.32 Å². The van der Waals surface area contributed by atoms with Gasteiger partial charge in [-0.05, 0) is 30.7 Å². The molecular weight excluding hydrogens is 170 g/mol. The van der Waals surface area contributed by atoms with E-state index >= 15 is 0 Å². The SMILES string of the molecule is CCNC(CC(C)CC)CC(C)(C)C. The van der Waals surface area contributed by atoms with Crippen molar-refractivity contribution in [1.29, 1.82) is 0 Å². The first kappa shape index (κ1) is 14.0. The Kier molecular flexibility index (Phi) is 6.43. The smallest absolute Gasteiger partial charge is 0.00744 e. The molecule has 2 atom stereocenters. The normalized spacial score (nSPS) is 16.7. The minimum atomic E-state index is 0.445. The lowest BCUT2D eigenvalue weighted by Gasteiger charge is -2.28. The fourth-order valence-electron chi connectivity index (χ4n) is 1.92. The third-order valence-electron chi connectivity index (χ3n) is 2.74. The van der Waals surface area contributed by atoms with Gasteiger partial charge in [0.2, 0.25) is 0 Å². The molecule has 0 heterocycles. The van der Waals surface area contributed by atoms with Gasteiger partial charge in [-0.3, -0.25) is 0 Å². The summed E-state index contributed by atoms with van der Waals surface area (Å²) in [5.74, 6) is 0.849. The molecule has 0 aromatic carbocycles. The highest BCUT2D eigenvalue weighted by Crippen LogP contribution is 2.24. The summed E-state index contributed by atoms with van der Waals surface area (Å²) in [6, 6.07) is 0.704. The van der Waals surface area contributed by atoms with Crippen molar-refractivity contribution in [2.75, 3.05) is 6.54 Å². The molecule has 0 radical (unpaired) electrons. The molecule has 0 saturated carbocycles. The first-order valence-electron chi connectivity index (χ1n) is 6.12. The quantitative estimate of drug-likeness (QED) is 0.685. The van der Waals surface area contributed by atoms with Gasteiger partial charge in [0.25, 0.3) is 0 Å². The van der Waals surface area contributed by atoms with Crippen molar-refractivity contribution in [2.45, 2.75) is 66.8 Å². The highest BCUT2D eigenvalue weighted by atomic mass is 14.9. The molecule has 1 heteroatoms. The molecule has 0 aromatic rings. The second kappa shape index (κ2) is 6.44. The van der Waals surface area contributed by atoms with Crippen molar-refractivity contribution < 1.29 is 0 Å². The first-order chi connectivity index (χ1) is 6.39. The van der Waals surface area contributed by atoms with Crippen molar-refractivity contribution in [1.82, 2.24) is 5.32 Å². The first-order valence-corrected chi connectivity index (χ1v) is 6.12. The molecule has 1 N–H and O–H groups in total. The summed E-state index contributed by atoms with van der Waals surface area (Å²) in [4.78, 5) is 0. The van der Waals surface area contributed by atoms with Crippen LogP contribution < -0.4 is 5.32 Å². The average molecular weight is 199 g/mol. The summed E-state index contributed by atoms with van der Waals surface area (Å²) in [7, 11) is 0. The van der Waals surface area contributed by atoms with E-state index in [0.717, 1.165) is 12.5 Å². The maximum Gasteiger partial charge on any atom is 0.00744 e. The third kappa shape index (κ3) is 7.37. The van der Waals surface area contributed by atoms with E-state index in [9.17, 15) is 0 Å². The summed E-state index contributed by atoms with van der Waals surface area (Å²) in [5, 5.41) is 3.60. The van der Waals surface area contributed by atoms with Crippen LogP contribution in [0.1, 0.15) is 60.8 Å². The van der Waals surface area contributed by atoms with Crippen molar-refractivity contribution in [2.24, 2.45) is 11.3 Å². The molecule has 14 heavy (non-hydrogen) atoms. The van der Waals surface area contributed by atoms with Crippen molar-refractivity contribution in [3.8, 4) is 0 Å². The van der Waals surface area contributed by atoms with Crippen LogP contribution in [0, 0.1) is 11.3 Å². The summed E-state index contributed by atoms with van der Waals surface area (Å²) in [6.07, 6.45) is 3.90. The predicted octanol–water partition coefficient (Wildman–Crippen LogP) is 3.84. The molecule has 0 spiro atoms. The lowest BCUT2D eigenvalue weighted by Crippen LogP contribution is -2.34. The highest BCUT2D eigenvalue weighted by Gasteiger charge is 2.19. The lowest BCUT2D eigenvalue weighted by molar-refractivity contribution is 0.277. The molecule has 0 aliphatic carbocycles. The van der Waals surface area contributed by atoms with Crippen LogP contribution in [0.3, 0.4) is 0 Å². The zero-order valence-corrected chi connectivity index (χ0v) is 11.0. The second-order valence-electron chi connectivity index (χ2n) is 5.77. The molecular formula is C13H29N. The molecule has 0 bridgehead atoms. The van der Waals surface area contributed by atoms with Crippen molar-refractivity contribution >= 4 is 0 Å². The van der Waals surface area contributed by atoms with Crippen LogP contribution in [0.2, 0.25) is 0 Å². The maximum absolute atomic E-state index is 3.60. The average Bonchev–Trinajstić information content (AvgIpc) is 2.01.